The molecule has 2 N–H and O–H groups in total. The molecule has 0 aliphatic carbocycles. The highest BCUT2D eigenvalue weighted by Gasteiger charge is 2.40. The third-order valence-electron chi connectivity index (χ3n) is 13.7. The summed E-state index contributed by atoms with van der Waals surface area (Å²) in [7, 11) is 4.75. The summed E-state index contributed by atoms with van der Waals surface area (Å²) in [6.45, 7) is 7.81. The van der Waals surface area contributed by atoms with Gasteiger partial charge in [-0.05, 0) is 99.4 Å². The predicted octanol–water partition coefficient (Wildman–Crippen LogP) is 3.73. The minimum absolute atomic E-state index is 0.00211. The van der Waals surface area contributed by atoms with Crippen molar-refractivity contribution in [3.05, 3.63) is 74.7 Å². The number of ether oxygens (including phenoxy) is 2. The molecule has 15 nitrogen and oxygen atoms in total. The molecule has 0 saturated carbocycles. The van der Waals surface area contributed by atoms with Crippen LogP contribution in [0, 0.1) is 5.92 Å². The molecule has 5 amide bonds. The topological polar surface area (TPSA) is 149 Å². The Morgan fingerprint density at radius 1 is 0.902 bits per heavy atom. The van der Waals surface area contributed by atoms with E-state index in [1.807, 2.05) is 24.3 Å². The van der Waals surface area contributed by atoms with Crippen LogP contribution in [0.1, 0.15) is 82.7 Å². The third kappa shape index (κ3) is 8.33. The Morgan fingerprint density at radius 2 is 1.62 bits per heavy atom. The van der Waals surface area contributed by atoms with E-state index in [2.05, 4.69) is 45.2 Å². The monoisotopic (exact) mass is 839 g/mol. The molecular weight excluding hydrogens is 777 g/mol. The van der Waals surface area contributed by atoms with Crippen molar-refractivity contribution in [2.24, 2.45) is 12.9 Å². The van der Waals surface area contributed by atoms with E-state index in [0.717, 1.165) is 73.4 Å². The molecule has 5 aliphatic rings. The van der Waals surface area contributed by atoms with Crippen molar-refractivity contribution < 1.29 is 32.8 Å². The Bertz CT molecular complexity index is 2340. The molecule has 61 heavy (non-hydrogen) atoms. The van der Waals surface area contributed by atoms with Gasteiger partial charge in [0.1, 0.15) is 17.5 Å². The summed E-state index contributed by atoms with van der Waals surface area (Å²) < 4.78 is 37.2. The number of piperidine rings is 2. The fourth-order valence-corrected chi connectivity index (χ4v) is 10.3. The number of piperazine rings is 1. The summed E-state index contributed by atoms with van der Waals surface area (Å²) in [6, 6.07) is 9.40. The van der Waals surface area contributed by atoms with Crippen molar-refractivity contribution in [2.75, 3.05) is 65.4 Å². The summed E-state index contributed by atoms with van der Waals surface area (Å²) in [4.78, 5) is 74.2. The number of aromatic nitrogens is 1. The normalized spacial score (nSPS) is 23.5. The highest BCUT2D eigenvalue weighted by atomic mass is 16.5. The molecule has 3 saturated heterocycles. The van der Waals surface area contributed by atoms with E-state index in [0.29, 0.717) is 72.1 Å². The van der Waals surface area contributed by atoms with Crippen molar-refractivity contribution in [2.45, 2.75) is 90.1 Å². The van der Waals surface area contributed by atoms with E-state index in [4.69, 9.17) is 13.6 Å². The second-order valence-electron chi connectivity index (χ2n) is 17.4. The molecule has 6 heterocycles. The van der Waals surface area contributed by atoms with E-state index in [1.54, 1.807) is 19.1 Å². The molecule has 15 heteroatoms. The molecule has 0 bridgehead atoms. The molecule has 1 aromatic heterocycles. The maximum Gasteiger partial charge on any atom is 0.317 e. The van der Waals surface area contributed by atoms with Gasteiger partial charge >= 0.3 is 6.03 Å². The molecule has 326 valence electrons. The van der Waals surface area contributed by atoms with Crippen molar-refractivity contribution >= 4 is 29.4 Å². The second-order valence-corrected chi connectivity index (χ2v) is 17.4. The highest BCUT2D eigenvalue weighted by Crippen LogP contribution is 2.39. The van der Waals surface area contributed by atoms with E-state index < -0.39 is 24.5 Å². The summed E-state index contributed by atoms with van der Waals surface area (Å²) in [5, 5.41) is 4.98. The quantitative estimate of drug-likeness (QED) is 0.290. The Morgan fingerprint density at radius 3 is 2.28 bits per heavy atom. The SMILES string of the molecule is [2H]C([2H])([2H])n1cc(-c2cc(OC)c(CN3[C@H](C)CN(CCC4CCN(c5ccc6c(c5)C(=O)N(C5CCC(=O)NC5=O)C6)CC4)C[C@H]3C)c(OC)c2)c2c(c1=O)CN(C(=O)NC)CC2. The van der Waals surface area contributed by atoms with Crippen LogP contribution in [0.3, 0.4) is 0 Å². The Balaban J connectivity index is 0.889. The number of amides is 5. The molecule has 0 spiro atoms. The number of hydrogen-bond donors (Lipinski definition) is 2. The molecule has 8 rings (SSSR count). The van der Waals surface area contributed by atoms with E-state index in [-0.39, 0.29) is 48.5 Å². The van der Waals surface area contributed by atoms with Gasteiger partial charge in [-0.15, -0.1) is 0 Å². The van der Waals surface area contributed by atoms with Crippen LogP contribution in [-0.2, 0) is 42.6 Å². The smallest absolute Gasteiger partial charge is 0.317 e. The van der Waals surface area contributed by atoms with Crippen LogP contribution in [-0.4, -0.2) is 127 Å². The summed E-state index contributed by atoms with van der Waals surface area (Å²) in [6.07, 6.45) is 5.64. The molecule has 2 aromatic carbocycles. The number of fused-ring (bicyclic) bond motifs is 2. The number of pyridine rings is 1. The maximum atomic E-state index is 13.5. The Hall–Kier alpha value is -5.41. The van der Waals surface area contributed by atoms with Crippen molar-refractivity contribution in [1.82, 2.24) is 34.8 Å². The van der Waals surface area contributed by atoms with Crippen molar-refractivity contribution in [1.29, 1.82) is 0 Å². The molecule has 0 radical (unpaired) electrons. The van der Waals surface area contributed by atoms with Gasteiger partial charge in [-0.25, -0.2) is 4.79 Å². The van der Waals surface area contributed by atoms with Gasteiger partial charge in [0.25, 0.3) is 11.5 Å². The molecule has 3 atom stereocenters. The largest absolute Gasteiger partial charge is 0.496 e. The zero-order chi connectivity index (χ0) is 45.6. The minimum Gasteiger partial charge on any atom is -0.496 e. The number of urea groups is 1. The third-order valence-corrected chi connectivity index (χ3v) is 13.7. The van der Waals surface area contributed by atoms with Crippen LogP contribution in [0.15, 0.2) is 41.3 Å². The van der Waals surface area contributed by atoms with E-state index >= 15 is 0 Å². The van der Waals surface area contributed by atoms with Crippen LogP contribution < -0.4 is 30.6 Å². The van der Waals surface area contributed by atoms with Gasteiger partial charge in [0, 0.05) is 111 Å². The number of methoxy groups -OCH3 is 2. The Labute approximate surface area is 362 Å². The first-order valence-electron chi connectivity index (χ1n) is 23.1. The van der Waals surface area contributed by atoms with Gasteiger partial charge in [0.2, 0.25) is 11.8 Å². The predicted molar refractivity (Wildman–Crippen MR) is 232 cm³/mol. The molecule has 1 unspecified atom stereocenters. The zero-order valence-corrected chi connectivity index (χ0v) is 35.9. The highest BCUT2D eigenvalue weighted by molar-refractivity contribution is 6.05. The van der Waals surface area contributed by atoms with Crippen LogP contribution in [0.4, 0.5) is 10.5 Å². The molecular formula is C46H60N8O7. The van der Waals surface area contributed by atoms with Crippen molar-refractivity contribution in [3.8, 4) is 22.6 Å². The lowest BCUT2D eigenvalue weighted by atomic mass is 9.91. The average Bonchev–Trinajstić information content (AvgIpc) is 3.60. The van der Waals surface area contributed by atoms with Crippen LogP contribution in [0.2, 0.25) is 0 Å². The average molecular weight is 840 g/mol. The van der Waals surface area contributed by atoms with Gasteiger partial charge in [0.05, 0.1) is 26.3 Å². The summed E-state index contributed by atoms with van der Waals surface area (Å²) >= 11 is 0. The van der Waals surface area contributed by atoms with Crippen LogP contribution >= 0.6 is 0 Å². The first kappa shape index (κ1) is 38.5. The van der Waals surface area contributed by atoms with Crippen LogP contribution in [0.5, 0.6) is 11.5 Å². The number of aryl methyl sites for hydroxylation is 1. The molecule has 3 aromatic rings. The lowest BCUT2D eigenvalue weighted by Gasteiger charge is -2.45. The first-order valence-corrected chi connectivity index (χ1v) is 21.6. The number of imide groups is 1. The molecule has 5 aliphatic heterocycles. The van der Waals surface area contributed by atoms with E-state index in [9.17, 15) is 24.0 Å². The number of carbonyl (C=O) groups excluding carboxylic acids is 4. The number of hydrogen-bond acceptors (Lipinski definition) is 10. The number of nitrogens with zero attached hydrogens (tertiary/aromatic N) is 6. The maximum absolute atomic E-state index is 13.5. The second kappa shape index (κ2) is 17.5. The summed E-state index contributed by atoms with van der Waals surface area (Å²) in [5.41, 5.74) is 5.10. The fraction of sp³-hybridized carbons (Fsp3) is 0.543. The minimum atomic E-state index is -2.73. The lowest BCUT2D eigenvalue weighted by Crippen LogP contribution is -2.56. The number of rotatable bonds is 10. The number of anilines is 1. The zero-order valence-electron chi connectivity index (χ0n) is 38.9. The molecule has 3 fully saturated rings. The van der Waals surface area contributed by atoms with Crippen LogP contribution in [0.25, 0.3) is 11.1 Å². The lowest BCUT2D eigenvalue weighted by molar-refractivity contribution is -0.136. The van der Waals surface area contributed by atoms with Gasteiger partial charge in [0.15, 0.2) is 0 Å². The Kier molecular flexibility index (Phi) is 11.1. The standard InChI is InChI=1S/C46H60N8O7/c1-28-22-50(15-11-30-12-16-51(17-13-30)33-8-7-31-24-54(45(58)35(31)21-33)39-9-10-42(55)48-43(39)56)23-29(2)53(28)27-38-40(60-5)19-32(20-41(38)61-6)36-25-49(4)44(57)37-26-52(46(59)47-3)18-14-34(36)37/h7-8,19-21,25,28-30,39H,9-18,22-24,26-27H2,1-6H3,(H,47,59)(H,48,55,56)/t28-,29-,39?/m1/s1/i4D3. The number of carbonyl (C=O) groups is 4. The van der Waals surface area contributed by atoms with Crippen molar-refractivity contribution in [3.63, 3.8) is 0 Å². The van der Waals surface area contributed by atoms with E-state index in [1.165, 1.54) is 18.1 Å². The number of nitrogens with one attached hydrogen (secondary N) is 2. The first-order chi connectivity index (χ1) is 30.6. The number of benzene rings is 2. The van der Waals surface area contributed by atoms with Gasteiger partial charge in [-0.1, -0.05) is 6.07 Å². The summed E-state index contributed by atoms with van der Waals surface area (Å²) in [5.74, 6) is 0.980. The van der Waals surface area contributed by atoms with Gasteiger partial charge < -0.3 is 39.0 Å². The fourth-order valence-electron chi connectivity index (χ4n) is 10.3. The van der Waals surface area contributed by atoms with Gasteiger partial charge in [-0.3, -0.25) is 29.4 Å². The van der Waals surface area contributed by atoms with Gasteiger partial charge in [-0.2, -0.15) is 0 Å².